The number of nitrogens with one attached hydrogen (secondary N) is 1. The molecule has 0 spiro atoms. The van der Waals surface area contributed by atoms with E-state index in [9.17, 15) is 0 Å². The number of benzene rings is 1. The third kappa shape index (κ3) is 2.91. The summed E-state index contributed by atoms with van der Waals surface area (Å²) >= 11 is 0. The molecule has 0 saturated carbocycles. The van der Waals surface area contributed by atoms with Crippen molar-refractivity contribution in [3.8, 4) is 16.9 Å². The number of aromatic nitrogens is 4. The first-order valence-electron chi connectivity index (χ1n) is 6.96. The molecule has 0 atom stereocenters. The summed E-state index contributed by atoms with van der Waals surface area (Å²) < 4.78 is 1.78. The first-order chi connectivity index (χ1) is 10.3. The molecule has 0 bridgehead atoms. The fourth-order valence-corrected chi connectivity index (χ4v) is 2.13. The van der Waals surface area contributed by atoms with Crippen molar-refractivity contribution in [2.45, 2.75) is 13.8 Å². The number of nitrogens with zero attached hydrogens (tertiary/aromatic N) is 4. The van der Waals surface area contributed by atoms with Crippen LogP contribution in [0.2, 0.25) is 0 Å². The molecular weight excluding hydrogens is 262 g/mol. The van der Waals surface area contributed by atoms with E-state index in [1.54, 1.807) is 4.68 Å². The molecule has 0 saturated heterocycles. The van der Waals surface area contributed by atoms with Crippen molar-refractivity contribution >= 4 is 5.95 Å². The van der Waals surface area contributed by atoms with Crippen LogP contribution >= 0.6 is 0 Å². The van der Waals surface area contributed by atoms with E-state index < -0.39 is 0 Å². The lowest BCUT2D eigenvalue weighted by molar-refractivity contribution is 0.835. The largest absolute Gasteiger partial charge is 0.354 e. The first-order valence-corrected chi connectivity index (χ1v) is 6.96. The Morgan fingerprint density at radius 3 is 2.67 bits per heavy atom. The van der Waals surface area contributed by atoms with Gasteiger partial charge in [-0.1, -0.05) is 30.3 Å². The van der Waals surface area contributed by atoms with E-state index in [0.717, 1.165) is 29.2 Å². The van der Waals surface area contributed by atoms with Crippen LogP contribution in [0.1, 0.15) is 12.6 Å². The van der Waals surface area contributed by atoms with Gasteiger partial charge in [0.05, 0.1) is 6.20 Å². The van der Waals surface area contributed by atoms with Gasteiger partial charge in [0.15, 0.2) is 5.82 Å². The van der Waals surface area contributed by atoms with Gasteiger partial charge in [-0.05, 0) is 19.4 Å². The maximum Gasteiger partial charge on any atom is 0.224 e. The fraction of sp³-hybridized carbons (Fsp3) is 0.188. The molecule has 0 aliphatic carbocycles. The van der Waals surface area contributed by atoms with Crippen LogP contribution in [0, 0.1) is 6.92 Å². The van der Waals surface area contributed by atoms with Crippen molar-refractivity contribution < 1.29 is 0 Å². The summed E-state index contributed by atoms with van der Waals surface area (Å²) in [5, 5.41) is 7.54. The van der Waals surface area contributed by atoms with E-state index in [-0.39, 0.29) is 0 Å². The van der Waals surface area contributed by atoms with Crippen LogP contribution < -0.4 is 5.32 Å². The second-order valence-corrected chi connectivity index (χ2v) is 4.76. The van der Waals surface area contributed by atoms with Gasteiger partial charge in [-0.25, -0.2) is 9.67 Å². The molecular formula is C16H17N5. The highest BCUT2D eigenvalue weighted by Gasteiger charge is 2.06. The average Bonchev–Trinajstić information content (AvgIpc) is 2.98. The maximum absolute atomic E-state index is 4.48. The zero-order chi connectivity index (χ0) is 14.7. The Morgan fingerprint density at radius 2 is 1.90 bits per heavy atom. The zero-order valence-corrected chi connectivity index (χ0v) is 12.1. The molecule has 0 amide bonds. The number of aryl methyl sites for hydroxylation is 1. The van der Waals surface area contributed by atoms with E-state index in [1.165, 1.54) is 0 Å². The monoisotopic (exact) mass is 279 g/mol. The topological polar surface area (TPSA) is 55.6 Å². The summed E-state index contributed by atoms with van der Waals surface area (Å²) in [5.41, 5.74) is 3.12. The zero-order valence-electron chi connectivity index (χ0n) is 12.1. The van der Waals surface area contributed by atoms with Crippen molar-refractivity contribution in [2.75, 3.05) is 11.9 Å². The van der Waals surface area contributed by atoms with Gasteiger partial charge in [0, 0.05) is 30.1 Å². The van der Waals surface area contributed by atoms with Crippen molar-refractivity contribution in [1.82, 2.24) is 19.7 Å². The molecule has 0 aliphatic rings. The minimum atomic E-state index is 0.629. The molecule has 0 unspecified atom stereocenters. The van der Waals surface area contributed by atoms with E-state index in [0.29, 0.717) is 5.95 Å². The van der Waals surface area contributed by atoms with E-state index in [2.05, 4.69) is 32.5 Å². The van der Waals surface area contributed by atoms with E-state index in [4.69, 9.17) is 0 Å². The molecule has 1 aromatic carbocycles. The highest BCUT2D eigenvalue weighted by molar-refractivity contribution is 5.61. The van der Waals surface area contributed by atoms with Gasteiger partial charge in [0.1, 0.15) is 0 Å². The normalized spacial score (nSPS) is 10.6. The molecule has 21 heavy (non-hydrogen) atoms. The SMILES string of the molecule is CCNc1nc(C)cc(-n2cc(-c3ccccc3)cn2)n1. The summed E-state index contributed by atoms with van der Waals surface area (Å²) in [6.07, 6.45) is 3.83. The Kier molecular flexibility index (Phi) is 3.64. The fourth-order valence-electron chi connectivity index (χ4n) is 2.13. The molecule has 106 valence electrons. The van der Waals surface area contributed by atoms with Crippen LogP contribution in [-0.2, 0) is 0 Å². The molecule has 3 rings (SSSR count). The Labute approximate surface area is 123 Å². The second kappa shape index (κ2) is 5.75. The molecule has 3 aromatic rings. The minimum absolute atomic E-state index is 0.629. The number of hydrogen-bond donors (Lipinski definition) is 1. The van der Waals surface area contributed by atoms with E-state index >= 15 is 0 Å². The lowest BCUT2D eigenvalue weighted by atomic mass is 10.1. The first kappa shape index (κ1) is 13.3. The third-order valence-electron chi connectivity index (χ3n) is 3.10. The predicted molar refractivity (Wildman–Crippen MR) is 83.5 cm³/mol. The Balaban J connectivity index is 1.96. The lowest BCUT2D eigenvalue weighted by Gasteiger charge is -2.06. The summed E-state index contributed by atoms with van der Waals surface area (Å²) in [4.78, 5) is 8.83. The molecule has 0 aliphatic heterocycles. The summed E-state index contributed by atoms with van der Waals surface area (Å²) in [5.74, 6) is 1.39. The van der Waals surface area contributed by atoms with Gasteiger partial charge in [-0.15, -0.1) is 0 Å². The molecule has 2 heterocycles. The number of hydrogen-bond acceptors (Lipinski definition) is 4. The smallest absolute Gasteiger partial charge is 0.224 e. The van der Waals surface area contributed by atoms with Crippen molar-refractivity contribution in [3.05, 3.63) is 54.5 Å². The standard InChI is InChI=1S/C16H17N5/c1-3-17-16-19-12(2)9-15(20-16)21-11-14(10-18-21)13-7-5-4-6-8-13/h4-11H,3H2,1-2H3,(H,17,19,20). The molecule has 0 radical (unpaired) electrons. The predicted octanol–water partition coefficient (Wildman–Crippen LogP) is 3.07. The Morgan fingerprint density at radius 1 is 1.10 bits per heavy atom. The van der Waals surface area contributed by atoms with Gasteiger partial charge in [-0.3, -0.25) is 0 Å². The van der Waals surface area contributed by atoms with E-state index in [1.807, 2.05) is 50.5 Å². The summed E-state index contributed by atoms with van der Waals surface area (Å²) in [6, 6.07) is 12.1. The second-order valence-electron chi connectivity index (χ2n) is 4.76. The van der Waals surface area contributed by atoms with Gasteiger partial charge in [0.2, 0.25) is 5.95 Å². The van der Waals surface area contributed by atoms with Crippen LogP contribution in [0.3, 0.4) is 0 Å². The van der Waals surface area contributed by atoms with Crippen LogP contribution in [0.5, 0.6) is 0 Å². The molecule has 2 aromatic heterocycles. The average molecular weight is 279 g/mol. The van der Waals surface area contributed by atoms with Crippen LogP contribution in [0.4, 0.5) is 5.95 Å². The Hall–Kier alpha value is -2.69. The quantitative estimate of drug-likeness (QED) is 0.797. The minimum Gasteiger partial charge on any atom is -0.354 e. The van der Waals surface area contributed by atoms with Crippen molar-refractivity contribution in [2.24, 2.45) is 0 Å². The van der Waals surface area contributed by atoms with Crippen LogP contribution in [0.25, 0.3) is 16.9 Å². The number of rotatable bonds is 4. The molecule has 1 N–H and O–H groups in total. The third-order valence-corrected chi connectivity index (χ3v) is 3.10. The molecule has 5 nitrogen and oxygen atoms in total. The summed E-state index contributed by atoms with van der Waals surface area (Å²) in [6.45, 7) is 4.76. The van der Waals surface area contributed by atoms with Gasteiger partial charge < -0.3 is 5.32 Å². The molecule has 0 fully saturated rings. The highest BCUT2D eigenvalue weighted by Crippen LogP contribution is 2.19. The van der Waals surface area contributed by atoms with Crippen molar-refractivity contribution in [3.63, 3.8) is 0 Å². The molecule has 5 heteroatoms. The maximum atomic E-state index is 4.48. The van der Waals surface area contributed by atoms with Gasteiger partial charge >= 0.3 is 0 Å². The summed E-state index contributed by atoms with van der Waals surface area (Å²) in [7, 11) is 0. The van der Waals surface area contributed by atoms with Crippen LogP contribution in [-0.4, -0.2) is 26.3 Å². The lowest BCUT2D eigenvalue weighted by Crippen LogP contribution is -2.07. The van der Waals surface area contributed by atoms with Crippen LogP contribution in [0.15, 0.2) is 48.8 Å². The Bertz CT molecular complexity index is 733. The van der Waals surface area contributed by atoms with Gasteiger partial charge in [0.25, 0.3) is 0 Å². The van der Waals surface area contributed by atoms with Crippen molar-refractivity contribution in [1.29, 1.82) is 0 Å². The highest BCUT2D eigenvalue weighted by atomic mass is 15.3. The number of anilines is 1. The van der Waals surface area contributed by atoms with Gasteiger partial charge in [-0.2, -0.15) is 10.1 Å².